The summed E-state index contributed by atoms with van der Waals surface area (Å²) in [4.78, 5) is 23.5. The largest absolute Gasteiger partial charge is 0.324 e. The number of hydrogen-bond acceptors (Lipinski definition) is 6. The Balaban J connectivity index is 1.39. The van der Waals surface area contributed by atoms with Gasteiger partial charge in [-0.1, -0.05) is 84.9 Å². The highest BCUT2D eigenvalue weighted by Crippen LogP contribution is 2.56. The molecule has 204 valence electrons. The summed E-state index contributed by atoms with van der Waals surface area (Å²) in [5, 5.41) is 3.58. The van der Waals surface area contributed by atoms with Gasteiger partial charge < -0.3 is 5.32 Å². The van der Waals surface area contributed by atoms with Crippen molar-refractivity contribution in [3.05, 3.63) is 185 Å². The van der Waals surface area contributed by atoms with Gasteiger partial charge in [0, 0.05) is 53.9 Å². The second-order valence-corrected chi connectivity index (χ2v) is 10.6. The summed E-state index contributed by atoms with van der Waals surface area (Å²) in [6.07, 6.45) is 10.6. The maximum Gasteiger partial charge on any atom is 0.171 e. The van der Waals surface area contributed by atoms with Gasteiger partial charge in [0.2, 0.25) is 0 Å². The number of pyridine rings is 3. The lowest BCUT2D eigenvalue weighted by Crippen LogP contribution is -2.36. The maximum absolute atomic E-state index is 5.19. The predicted molar refractivity (Wildman–Crippen MR) is 169 cm³/mol. The van der Waals surface area contributed by atoms with Crippen molar-refractivity contribution in [1.82, 2.24) is 20.3 Å². The lowest BCUT2D eigenvalue weighted by atomic mass is 9.68. The van der Waals surface area contributed by atoms with Gasteiger partial charge in [-0.3, -0.25) is 15.0 Å². The number of nitrogens with one attached hydrogen (secondary N) is 1. The first-order chi connectivity index (χ1) is 21.3. The Kier molecular flexibility index (Phi) is 5.97. The van der Waals surface area contributed by atoms with E-state index in [1.165, 1.54) is 22.3 Å². The molecule has 3 aromatic carbocycles. The van der Waals surface area contributed by atoms with Crippen LogP contribution in [-0.2, 0) is 5.41 Å². The Bertz CT molecular complexity index is 1950. The van der Waals surface area contributed by atoms with Gasteiger partial charge in [-0.25, -0.2) is 9.98 Å². The van der Waals surface area contributed by atoms with Gasteiger partial charge in [-0.05, 0) is 57.6 Å². The first-order valence-corrected chi connectivity index (χ1v) is 14.3. The van der Waals surface area contributed by atoms with Crippen LogP contribution in [0.5, 0.6) is 0 Å². The number of rotatable bonds is 5. The fourth-order valence-electron chi connectivity index (χ4n) is 6.50. The Morgan fingerprint density at radius 2 is 1.19 bits per heavy atom. The van der Waals surface area contributed by atoms with Gasteiger partial charge in [-0.15, -0.1) is 0 Å². The van der Waals surface area contributed by atoms with Crippen molar-refractivity contribution < 1.29 is 0 Å². The fourth-order valence-corrected chi connectivity index (χ4v) is 6.50. The summed E-state index contributed by atoms with van der Waals surface area (Å²) in [7, 11) is 0. The molecule has 0 fully saturated rings. The van der Waals surface area contributed by atoms with Crippen molar-refractivity contribution >= 4 is 11.7 Å². The van der Waals surface area contributed by atoms with Crippen LogP contribution in [-0.4, -0.2) is 26.6 Å². The molecule has 3 aromatic heterocycles. The van der Waals surface area contributed by atoms with Crippen LogP contribution in [0.4, 0.5) is 0 Å². The molecule has 2 unspecified atom stereocenters. The predicted octanol–water partition coefficient (Wildman–Crippen LogP) is 6.73. The van der Waals surface area contributed by atoms with Gasteiger partial charge in [0.25, 0.3) is 0 Å². The lowest BCUT2D eigenvalue weighted by molar-refractivity contribution is 0.750. The van der Waals surface area contributed by atoms with Crippen molar-refractivity contribution in [3.8, 4) is 11.1 Å². The summed E-state index contributed by atoms with van der Waals surface area (Å²) < 4.78 is 0. The van der Waals surface area contributed by atoms with E-state index in [0.717, 1.165) is 39.5 Å². The lowest BCUT2D eigenvalue weighted by Gasteiger charge is -2.33. The average molecular weight is 555 g/mol. The second kappa shape index (κ2) is 10.3. The molecule has 0 radical (unpaired) electrons. The van der Waals surface area contributed by atoms with Gasteiger partial charge in [0.15, 0.2) is 6.17 Å². The summed E-state index contributed by atoms with van der Waals surface area (Å²) >= 11 is 0. The highest BCUT2D eigenvalue weighted by molar-refractivity contribution is 6.18. The molecule has 1 N–H and O–H groups in total. The number of hydrogen-bond donors (Lipinski definition) is 1. The van der Waals surface area contributed by atoms with Crippen molar-refractivity contribution in [2.45, 2.75) is 11.6 Å². The van der Waals surface area contributed by atoms with Gasteiger partial charge in [0.1, 0.15) is 11.7 Å². The van der Waals surface area contributed by atoms with E-state index in [1.807, 2.05) is 55.1 Å². The van der Waals surface area contributed by atoms with Gasteiger partial charge in [0.05, 0.1) is 5.41 Å². The van der Waals surface area contributed by atoms with E-state index < -0.39 is 11.6 Å². The third-order valence-electron chi connectivity index (χ3n) is 8.28. The molecule has 0 saturated heterocycles. The highest BCUT2D eigenvalue weighted by Gasteiger charge is 2.47. The smallest absolute Gasteiger partial charge is 0.171 e. The van der Waals surface area contributed by atoms with Crippen molar-refractivity contribution in [2.75, 3.05) is 0 Å². The quantitative estimate of drug-likeness (QED) is 0.256. The van der Waals surface area contributed by atoms with Crippen molar-refractivity contribution in [2.24, 2.45) is 9.98 Å². The molecular formula is C37H26N6. The minimum absolute atomic E-state index is 0.454. The molecule has 1 aliphatic heterocycles. The molecule has 0 saturated carbocycles. The van der Waals surface area contributed by atoms with Gasteiger partial charge >= 0.3 is 0 Å². The minimum atomic E-state index is -0.546. The zero-order chi connectivity index (χ0) is 28.6. The molecule has 8 rings (SSSR count). The SMILES string of the molecule is c1ccc(C2(c3cccnc3)c3ccccc3-c3c(C4=NC(c5cccnc5)N=C(c5cccnc5)N4)cccc32)cc1. The Hall–Kier alpha value is -5.75. The monoisotopic (exact) mass is 554 g/mol. The van der Waals surface area contributed by atoms with Crippen molar-refractivity contribution in [3.63, 3.8) is 0 Å². The second-order valence-electron chi connectivity index (χ2n) is 10.6. The van der Waals surface area contributed by atoms with Gasteiger partial charge in [-0.2, -0.15) is 0 Å². The molecule has 6 heteroatoms. The fraction of sp³-hybridized carbons (Fsp3) is 0.0541. The Morgan fingerprint density at radius 1 is 0.512 bits per heavy atom. The number of fused-ring (bicyclic) bond motifs is 3. The van der Waals surface area contributed by atoms with Crippen LogP contribution in [0.2, 0.25) is 0 Å². The molecule has 6 nitrogen and oxygen atoms in total. The van der Waals surface area contributed by atoms with E-state index in [1.54, 1.807) is 12.4 Å². The zero-order valence-electron chi connectivity index (χ0n) is 23.2. The molecule has 6 aromatic rings. The third-order valence-corrected chi connectivity index (χ3v) is 8.28. The number of benzene rings is 3. The van der Waals surface area contributed by atoms with Crippen LogP contribution in [0.15, 0.2) is 156 Å². The maximum atomic E-state index is 5.19. The minimum Gasteiger partial charge on any atom is -0.324 e. The number of nitrogens with zero attached hydrogens (tertiary/aromatic N) is 5. The topological polar surface area (TPSA) is 75.4 Å². The molecule has 2 aliphatic rings. The zero-order valence-corrected chi connectivity index (χ0v) is 23.2. The van der Waals surface area contributed by atoms with E-state index >= 15 is 0 Å². The van der Waals surface area contributed by atoms with Crippen LogP contribution in [0.3, 0.4) is 0 Å². The van der Waals surface area contributed by atoms with E-state index in [9.17, 15) is 0 Å². The molecule has 0 amide bonds. The summed E-state index contributed by atoms with van der Waals surface area (Å²) in [6, 6.07) is 38.0. The first kappa shape index (κ1) is 25.0. The summed E-state index contributed by atoms with van der Waals surface area (Å²) in [6.45, 7) is 0. The normalized spacial score (nSPS) is 18.6. The van der Waals surface area contributed by atoms with Crippen molar-refractivity contribution in [1.29, 1.82) is 0 Å². The van der Waals surface area contributed by atoms with Crippen LogP contribution < -0.4 is 5.32 Å². The molecular weight excluding hydrogens is 528 g/mol. The molecule has 1 aliphatic carbocycles. The first-order valence-electron chi connectivity index (χ1n) is 14.3. The number of amidine groups is 2. The average Bonchev–Trinajstić information content (AvgIpc) is 3.41. The molecule has 0 spiro atoms. The standard InChI is InChI=1S/C37H26N6/c1-2-12-27(13-3-1)37(28-14-9-21-40-24-28)31-17-5-4-15-29(31)33-30(16-6-18-32(33)37)36-42-34(25-10-7-19-38-22-25)41-35(43-36)26-11-8-20-39-23-26/h1-24,34H,(H,41,42,43). The van der Waals surface area contributed by atoms with E-state index in [-0.39, 0.29) is 0 Å². The number of aliphatic imine (C=N–C) groups is 2. The van der Waals surface area contributed by atoms with E-state index in [4.69, 9.17) is 9.98 Å². The summed E-state index contributed by atoms with van der Waals surface area (Å²) in [5.74, 6) is 1.47. The summed E-state index contributed by atoms with van der Waals surface area (Å²) in [5.41, 5.74) is 9.33. The Labute approximate surface area is 249 Å². The highest BCUT2D eigenvalue weighted by atomic mass is 15.2. The Morgan fingerprint density at radius 3 is 1.95 bits per heavy atom. The molecule has 4 heterocycles. The molecule has 2 atom stereocenters. The van der Waals surface area contributed by atoms with E-state index in [0.29, 0.717) is 0 Å². The third kappa shape index (κ3) is 3.99. The van der Waals surface area contributed by atoms with Crippen LogP contribution in [0.1, 0.15) is 45.1 Å². The van der Waals surface area contributed by atoms with Crippen LogP contribution in [0, 0.1) is 0 Å². The number of aromatic nitrogens is 3. The van der Waals surface area contributed by atoms with Crippen LogP contribution >= 0.6 is 0 Å². The van der Waals surface area contributed by atoms with Crippen LogP contribution in [0.25, 0.3) is 11.1 Å². The molecule has 43 heavy (non-hydrogen) atoms. The molecule has 0 bridgehead atoms. The van der Waals surface area contributed by atoms with E-state index in [2.05, 4.69) is 99.1 Å².